The van der Waals surface area contributed by atoms with Gasteiger partial charge in [-0.25, -0.2) is 9.50 Å². The van der Waals surface area contributed by atoms with E-state index in [4.69, 9.17) is 9.47 Å². The molecule has 0 radical (unpaired) electrons. The van der Waals surface area contributed by atoms with Crippen LogP contribution < -0.4 is 14.8 Å². The molecule has 128 valence electrons. The lowest BCUT2D eigenvalue weighted by atomic mass is 10.1. The van der Waals surface area contributed by atoms with E-state index in [-0.39, 0.29) is 12.7 Å². The summed E-state index contributed by atoms with van der Waals surface area (Å²) >= 11 is 0. The average molecular weight is 338 g/mol. The van der Waals surface area contributed by atoms with Crippen molar-refractivity contribution in [2.45, 2.75) is 13.8 Å². The van der Waals surface area contributed by atoms with E-state index >= 15 is 0 Å². The van der Waals surface area contributed by atoms with Crippen molar-refractivity contribution in [3.63, 3.8) is 0 Å². The minimum atomic E-state index is -0.168. The second-order valence-corrected chi connectivity index (χ2v) is 6.30. The van der Waals surface area contributed by atoms with Gasteiger partial charge in [0.15, 0.2) is 17.1 Å². The maximum Gasteiger partial charge on any atom is 0.256 e. The first-order valence-electron chi connectivity index (χ1n) is 8.14. The van der Waals surface area contributed by atoms with Crippen molar-refractivity contribution >= 4 is 11.6 Å². The van der Waals surface area contributed by atoms with Gasteiger partial charge >= 0.3 is 0 Å². The van der Waals surface area contributed by atoms with Crippen molar-refractivity contribution in [2.75, 3.05) is 13.3 Å². The molecule has 1 N–H and O–H groups in total. The first-order chi connectivity index (χ1) is 12.1. The predicted octanol–water partition coefficient (Wildman–Crippen LogP) is 2.51. The van der Waals surface area contributed by atoms with E-state index in [0.717, 1.165) is 17.0 Å². The first kappa shape index (κ1) is 15.4. The number of carbonyl (C=O) groups is 1. The second-order valence-electron chi connectivity index (χ2n) is 6.30. The minimum absolute atomic E-state index is 0.168. The summed E-state index contributed by atoms with van der Waals surface area (Å²) in [7, 11) is 0. The molecule has 4 rings (SSSR count). The highest BCUT2D eigenvalue weighted by Crippen LogP contribution is 2.35. The Balaban J connectivity index is 1.73. The Hall–Kier alpha value is -3.09. The van der Waals surface area contributed by atoms with Crippen LogP contribution in [0.4, 0.5) is 0 Å². The molecule has 0 spiro atoms. The quantitative estimate of drug-likeness (QED) is 0.791. The number of amides is 1. The van der Waals surface area contributed by atoms with Crippen LogP contribution in [0.1, 0.15) is 24.2 Å². The molecule has 1 aliphatic heterocycles. The number of nitrogens with zero attached hydrogens (tertiary/aromatic N) is 3. The number of carbonyl (C=O) groups excluding carboxylic acids is 1. The van der Waals surface area contributed by atoms with Crippen molar-refractivity contribution < 1.29 is 14.3 Å². The van der Waals surface area contributed by atoms with Gasteiger partial charge in [0.2, 0.25) is 6.79 Å². The van der Waals surface area contributed by atoms with Crippen molar-refractivity contribution in [2.24, 2.45) is 5.92 Å². The molecule has 0 atom stereocenters. The van der Waals surface area contributed by atoms with E-state index in [1.165, 1.54) is 0 Å². The van der Waals surface area contributed by atoms with E-state index in [0.29, 0.717) is 29.4 Å². The molecule has 0 saturated heterocycles. The Morgan fingerprint density at radius 1 is 1.28 bits per heavy atom. The van der Waals surface area contributed by atoms with Gasteiger partial charge in [0.25, 0.3) is 5.91 Å². The maximum atomic E-state index is 12.4. The van der Waals surface area contributed by atoms with E-state index in [1.54, 1.807) is 16.9 Å². The lowest BCUT2D eigenvalue weighted by Gasteiger charge is -2.07. The molecule has 3 heterocycles. The second kappa shape index (κ2) is 6.08. The summed E-state index contributed by atoms with van der Waals surface area (Å²) in [5, 5.41) is 7.26. The SMILES string of the molecule is CC(C)CNC(=O)c1cnn2c(-c3ccc4c(c3)OCO4)ccnc12. The van der Waals surface area contributed by atoms with Crippen LogP contribution in [0.25, 0.3) is 16.9 Å². The average Bonchev–Trinajstić information content (AvgIpc) is 3.25. The summed E-state index contributed by atoms with van der Waals surface area (Å²) in [6.07, 6.45) is 3.23. The summed E-state index contributed by atoms with van der Waals surface area (Å²) in [4.78, 5) is 16.7. The molecular weight excluding hydrogens is 320 g/mol. The van der Waals surface area contributed by atoms with Gasteiger partial charge in [-0.1, -0.05) is 13.8 Å². The number of nitrogens with one attached hydrogen (secondary N) is 1. The molecule has 0 bridgehead atoms. The Morgan fingerprint density at radius 3 is 2.96 bits per heavy atom. The van der Waals surface area contributed by atoms with Gasteiger partial charge in [0, 0.05) is 18.3 Å². The van der Waals surface area contributed by atoms with Gasteiger partial charge in [-0.15, -0.1) is 0 Å². The molecule has 25 heavy (non-hydrogen) atoms. The molecule has 1 aromatic carbocycles. The number of fused-ring (bicyclic) bond motifs is 2. The number of rotatable bonds is 4. The fraction of sp³-hybridized carbons (Fsp3) is 0.278. The van der Waals surface area contributed by atoms with Crippen molar-refractivity contribution in [1.82, 2.24) is 19.9 Å². The van der Waals surface area contributed by atoms with Crippen molar-refractivity contribution in [3.05, 3.63) is 42.2 Å². The fourth-order valence-corrected chi connectivity index (χ4v) is 2.72. The third-order valence-electron chi connectivity index (χ3n) is 3.99. The smallest absolute Gasteiger partial charge is 0.256 e. The minimum Gasteiger partial charge on any atom is -0.454 e. The van der Waals surface area contributed by atoms with Crippen LogP contribution in [0.2, 0.25) is 0 Å². The molecule has 1 amide bonds. The highest BCUT2D eigenvalue weighted by molar-refractivity contribution is 5.99. The topological polar surface area (TPSA) is 77.8 Å². The van der Waals surface area contributed by atoms with Crippen LogP contribution in [0.5, 0.6) is 11.5 Å². The van der Waals surface area contributed by atoms with Crippen molar-refractivity contribution in [1.29, 1.82) is 0 Å². The Kier molecular flexibility index (Phi) is 3.76. The van der Waals surface area contributed by atoms with Crippen LogP contribution >= 0.6 is 0 Å². The van der Waals surface area contributed by atoms with Crippen molar-refractivity contribution in [3.8, 4) is 22.8 Å². The molecule has 3 aromatic rings. The Morgan fingerprint density at radius 2 is 2.12 bits per heavy atom. The van der Waals surface area contributed by atoms with Crippen LogP contribution in [-0.4, -0.2) is 33.8 Å². The summed E-state index contributed by atoms with van der Waals surface area (Å²) in [6.45, 7) is 4.93. The number of aromatic nitrogens is 3. The molecule has 0 saturated carbocycles. The summed E-state index contributed by atoms with van der Waals surface area (Å²) in [5.74, 6) is 1.63. The molecule has 7 nitrogen and oxygen atoms in total. The molecule has 0 fully saturated rings. The third kappa shape index (κ3) is 2.77. The highest BCUT2D eigenvalue weighted by Gasteiger charge is 2.18. The largest absolute Gasteiger partial charge is 0.454 e. The summed E-state index contributed by atoms with van der Waals surface area (Å²) in [5.41, 5.74) is 2.72. The van der Waals surface area contributed by atoms with Crippen LogP contribution in [-0.2, 0) is 0 Å². The van der Waals surface area contributed by atoms with E-state index < -0.39 is 0 Å². The molecular formula is C18H18N4O3. The standard InChI is InChI=1S/C18H18N4O3/c1-11(2)8-20-18(23)13-9-21-22-14(5-6-19-17(13)22)12-3-4-15-16(7-12)25-10-24-15/h3-7,9,11H,8,10H2,1-2H3,(H,20,23). The van der Waals surface area contributed by atoms with Crippen LogP contribution in [0, 0.1) is 5.92 Å². The van der Waals surface area contributed by atoms with Gasteiger partial charge < -0.3 is 14.8 Å². The molecule has 0 aliphatic carbocycles. The van der Waals surface area contributed by atoms with Crippen LogP contribution in [0.15, 0.2) is 36.7 Å². The lowest BCUT2D eigenvalue weighted by Crippen LogP contribution is -2.27. The van der Waals surface area contributed by atoms with E-state index in [9.17, 15) is 4.79 Å². The zero-order chi connectivity index (χ0) is 17.4. The summed E-state index contributed by atoms with van der Waals surface area (Å²) in [6, 6.07) is 7.55. The number of hydrogen-bond donors (Lipinski definition) is 1. The Labute approximate surface area is 144 Å². The van der Waals surface area contributed by atoms with Gasteiger partial charge in [-0.05, 0) is 30.2 Å². The monoisotopic (exact) mass is 338 g/mol. The van der Waals surface area contributed by atoms with Gasteiger partial charge in [0.1, 0.15) is 5.56 Å². The first-order valence-corrected chi connectivity index (χ1v) is 8.14. The molecule has 2 aromatic heterocycles. The fourth-order valence-electron chi connectivity index (χ4n) is 2.72. The Bertz CT molecular complexity index is 949. The maximum absolute atomic E-state index is 12.4. The third-order valence-corrected chi connectivity index (χ3v) is 3.99. The number of ether oxygens (including phenoxy) is 2. The lowest BCUT2D eigenvalue weighted by molar-refractivity contribution is 0.0950. The zero-order valence-electron chi connectivity index (χ0n) is 14.0. The van der Waals surface area contributed by atoms with E-state index in [1.807, 2.05) is 38.1 Å². The normalized spacial score (nSPS) is 12.8. The predicted molar refractivity (Wildman–Crippen MR) is 91.7 cm³/mol. The number of benzene rings is 1. The van der Waals surface area contributed by atoms with E-state index in [2.05, 4.69) is 15.4 Å². The zero-order valence-corrected chi connectivity index (χ0v) is 14.0. The number of hydrogen-bond acceptors (Lipinski definition) is 5. The summed E-state index contributed by atoms with van der Waals surface area (Å²) < 4.78 is 12.5. The molecule has 7 heteroatoms. The molecule has 0 unspecified atom stereocenters. The molecule has 1 aliphatic rings. The van der Waals surface area contributed by atoms with Gasteiger partial charge in [0.05, 0.1) is 11.9 Å². The van der Waals surface area contributed by atoms with Crippen LogP contribution in [0.3, 0.4) is 0 Å². The van der Waals surface area contributed by atoms with Gasteiger partial charge in [-0.2, -0.15) is 5.10 Å². The van der Waals surface area contributed by atoms with Gasteiger partial charge in [-0.3, -0.25) is 4.79 Å². The highest BCUT2D eigenvalue weighted by atomic mass is 16.7.